The number of rotatable bonds is 6. The average molecular weight is 271 g/mol. The zero-order chi connectivity index (χ0) is 13.9. The zero-order valence-corrected chi connectivity index (χ0v) is 11.8. The average Bonchev–Trinajstić information content (AvgIpc) is 3.21. The van der Waals surface area contributed by atoms with Gasteiger partial charge in [-0.25, -0.2) is 0 Å². The molecule has 20 heavy (non-hydrogen) atoms. The van der Waals surface area contributed by atoms with E-state index in [9.17, 15) is 0 Å². The Bertz CT molecular complexity index is 531. The molecule has 1 unspecified atom stereocenters. The second kappa shape index (κ2) is 5.67. The van der Waals surface area contributed by atoms with Crippen LogP contribution in [0.15, 0.2) is 41.1 Å². The lowest BCUT2D eigenvalue weighted by molar-refractivity contribution is 0.501. The fourth-order valence-electron chi connectivity index (χ4n) is 2.38. The Morgan fingerprint density at radius 1 is 1.40 bits per heavy atom. The van der Waals surface area contributed by atoms with Crippen molar-refractivity contribution in [1.82, 2.24) is 4.98 Å². The van der Waals surface area contributed by atoms with Gasteiger partial charge < -0.3 is 15.1 Å². The SMILES string of the molecule is CCC(N)c1ccc(N(Cc2ccco2)C2CC2)cn1. The van der Waals surface area contributed by atoms with E-state index >= 15 is 0 Å². The van der Waals surface area contributed by atoms with Crippen LogP contribution in [0, 0.1) is 0 Å². The molecular weight excluding hydrogens is 250 g/mol. The molecule has 1 fully saturated rings. The van der Waals surface area contributed by atoms with Gasteiger partial charge in [-0.1, -0.05) is 6.92 Å². The first-order valence-electron chi connectivity index (χ1n) is 7.28. The van der Waals surface area contributed by atoms with Crippen LogP contribution in [0.4, 0.5) is 5.69 Å². The molecule has 0 aliphatic heterocycles. The summed E-state index contributed by atoms with van der Waals surface area (Å²) >= 11 is 0. The van der Waals surface area contributed by atoms with E-state index in [0.29, 0.717) is 6.04 Å². The molecule has 2 N–H and O–H groups in total. The molecule has 3 rings (SSSR count). The molecule has 0 bridgehead atoms. The molecule has 1 aliphatic carbocycles. The molecule has 0 radical (unpaired) electrons. The fourth-order valence-corrected chi connectivity index (χ4v) is 2.38. The van der Waals surface area contributed by atoms with Gasteiger partial charge in [0.15, 0.2) is 0 Å². The van der Waals surface area contributed by atoms with Crippen LogP contribution in [0.5, 0.6) is 0 Å². The minimum atomic E-state index is 0.0310. The second-order valence-electron chi connectivity index (χ2n) is 5.39. The normalized spacial score (nSPS) is 16.1. The van der Waals surface area contributed by atoms with Gasteiger partial charge in [-0.3, -0.25) is 4.98 Å². The van der Waals surface area contributed by atoms with Crippen LogP contribution in [0.1, 0.15) is 43.7 Å². The monoisotopic (exact) mass is 271 g/mol. The van der Waals surface area contributed by atoms with Crippen molar-refractivity contribution in [2.45, 2.75) is 44.8 Å². The summed E-state index contributed by atoms with van der Waals surface area (Å²) < 4.78 is 5.46. The maximum Gasteiger partial charge on any atom is 0.123 e. The Kier molecular flexibility index (Phi) is 3.74. The lowest BCUT2D eigenvalue weighted by Gasteiger charge is -2.23. The summed E-state index contributed by atoms with van der Waals surface area (Å²) in [7, 11) is 0. The van der Waals surface area contributed by atoms with Crippen LogP contribution in [-0.4, -0.2) is 11.0 Å². The maximum absolute atomic E-state index is 6.01. The Morgan fingerprint density at radius 2 is 2.25 bits per heavy atom. The quantitative estimate of drug-likeness (QED) is 0.876. The van der Waals surface area contributed by atoms with Crippen LogP contribution in [-0.2, 0) is 6.54 Å². The third kappa shape index (κ3) is 2.85. The van der Waals surface area contributed by atoms with Crippen LogP contribution in [0.2, 0.25) is 0 Å². The van der Waals surface area contributed by atoms with E-state index in [-0.39, 0.29) is 6.04 Å². The van der Waals surface area contributed by atoms with Gasteiger partial charge in [-0.05, 0) is 43.5 Å². The molecule has 0 spiro atoms. The van der Waals surface area contributed by atoms with Crippen molar-refractivity contribution < 1.29 is 4.42 Å². The number of hydrogen-bond donors (Lipinski definition) is 1. The highest BCUT2D eigenvalue weighted by molar-refractivity contribution is 5.47. The van der Waals surface area contributed by atoms with Crippen molar-refractivity contribution in [3.05, 3.63) is 48.2 Å². The van der Waals surface area contributed by atoms with Gasteiger partial charge in [-0.15, -0.1) is 0 Å². The predicted octanol–water partition coefficient (Wildman–Crippen LogP) is 3.25. The number of hydrogen-bond acceptors (Lipinski definition) is 4. The first kappa shape index (κ1) is 13.2. The van der Waals surface area contributed by atoms with E-state index in [2.05, 4.69) is 22.9 Å². The highest BCUT2D eigenvalue weighted by Gasteiger charge is 2.30. The highest BCUT2D eigenvalue weighted by atomic mass is 16.3. The number of nitrogens with two attached hydrogens (primary N) is 1. The smallest absolute Gasteiger partial charge is 0.123 e. The van der Waals surface area contributed by atoms with E-state index in [1.807, 2.05) is 24.4 Å². The number of nitrogens with zero attached hydrogens (tertiary/aromatic N) is 2. The molecule has 4 nitrogen and oxygen atoms in total. The summed E-state index contributed by atoms with van der Waals surface area (Å²) in [6, 6.07) is 8.77. The van der Waals surface area contributed by atoms with Crippen LogP contribution >= 0.6 is 0 Å². The standard InChI is InChI=1S/C16H21N3O/c1-2-15(17)16-8-7-13(10-18-16)19(12-5-6-12)11-14-4-3-9-20-14/h3-4,7-10,12,15H,2,5-6,11,17H2,1H3. The summed E-state index contributed by atoms with van der Waals surface area (Å²) in [5, 5.41) is 0. The molecule has 106 valence electrons. The Balaban J connectivity index is 1.77. The van der Waals surface area contributed by atoms with Gasteiger partial charge in [0.25, 0.3) is 0 Å². The van der Waals surface area contributed by atoms with E-state index in [0.717, 1.165) is 30.1 Å². The molecule has 0 saturated heterocycles. The molecular formula is C16H21N3O. The number of furan rings is 1. The minimum Gasteiger partial charge on any atom is -0.467 e. The Morgan fingerprint density at radius 3 is 2.80 bits per heavy atom. The predicted molar refractivity (Wildman–Crippen MR) is 79.4 cm³/mol. The van der Waals surface area contributed by atoms with Crippen molar-refractivity contribution in [1.29, 1.82) is 0 Å². The van der Waals surface area contributed by atoms with Gasteiger partial charge in [0.05, 0.1) is 30.4 Å². The van der Waals surface area contributed by atoms with Crippen molar-refractivity contribution in [2.75, 3.05) is 4.90 Å². The van der Waals surface area contributed by atoms with Gasteiger partial charge >= 0.3 is 0 Å². The van der Waals surface area contributed by atoms with Crippen molar-refractivity contribution >= 4 is 5.69 Å². The molecule has 0 aromatic carbocycles. The number of pyridine rings is 1. The molecule has 2 aromatic heterocycles. The summed E-state index contributed by atoms with van der Waals surface area (Å²) in [5.41, 5.74) is 8.12. The van der Waals surface area contributed by atoms with Gasteiger partial charge in [0.2, 0.25) is 0 Å². The van der Waals surface area contributed by atoms with E-state index in [1.54, 1.807) is 6.26 Å². The van der Waals surface area contributed by atoms with E-state index in [4.69, 9.17) is 10.2 Å². The third-order valence-electron chi connectivity index (χ3n) is 3.82. The van der Waals surface area contributed by atoms with Crippen LogP contribution < -0.4 is 10.6 Å². The van der Waals surface area contributed by atoms with Crippen molar-refractivity contribution in [3.8, 4) is 0 Å². The third-order valence-corrected chi connectivity index (χ3v) is 3.82. The first-order valence-corrected chi connectivity index (χ1v) is 7.28. The Labute approximate surface area is 119 Å². The number of anilines is 1. The largest absolute Gasteiger partial charge is 0.467 e. The molecule has 1 atom stereocenters. The van der Waals surface area contributed by atoms with E-state index < -0.39 is 0 Å². The minimum absolute atomic E-state index is 0.0310. The lowest BCUT2D eigenvalue weighted by Crippen LogP contribution is -2.25. The second-order valence-corrected chi connectivity index (χ2v) is 5.39. The molecule has 2 aromatic rings. The van der Waals surface area contributed by atoms with Crippen molar-refractivity contribution in [3.63, 3.8) is 0 Å². The summed E-state index contributed by atoms with van der Waals surface area (Å²) in [6.07, 6.45) is 7.06. The molecule has 1 aliphatic rings. The summed E-state index contributed by atoms with van der Waals surface area (Å²) in [5.74, 6) is 0.992. The Hall–Kier alpha value is -1.81. The summed E-state index contributed by atoms with van der Waals surface area (Å²) in [6.45, 7) is 2.88. The maximum atomic E-state index is 6.01. The topological polar surface area (TPSA) is 55.3 Å². The molecule has 4 heteroatoms. The first-order chi connectivity index (χ1) is 9.78. The lowest BCUT2D eigenvalue weighted by atomic mass is 10.1. The highest BCUT2D eigenvalue weighted by Crippen LogP contribution is 2.33. The molecule has 0 amide bonds. The van der Waals surface area contributed by atoms with Crippen molar-refractivity contribution in [2.24, 2.45) is 5.73 Å². The van der Waals surface area contributed by atoms with Gasteiger partial charge in [0, 0.05) is 12.1 Å². The van der Waals surface area contributed by atoms with Gasteiger partial charge in [-0.2, -0.15) is 0 Å². The number of aromatic nitrogens is 1. The summed E-state index contributed by atoms with van der Waals surface area (Å²) in [4.78, 5) is 6.88. The molecule has 1 saturated carbocycles. The zero-order valence-electron chi connectivity index (χ0n) is 11.8. The van der Waals surface area contributed by atoms with Crippen LogP contribution in [0.3, 0.4) is 0 Å². The van der Waals surface area contributed by atoms with Crippen LogP contribution in [0.25, 0.3) is 0 Å². The van der Waals surface area contributed by atoms with Gasteiger partial charge in [0.1, 0.15) is 5.76 Å². The molecule has 2 heterocycles. The fraction of sp³-hybridized carbons (Fsp3) is 0.438. The van der Waals surface area contributed by atoms with E-state index in [1.165, 1.54) is 12.8 Å².